The minimum atomic E-state index is 0.747. The summed E-state index contributed by atoms with van der Waals surface area (Å²) in [5.41, 5.74) is 2.30. The van der Waals surface area contributed by atoms with Crippen LogP contribution in [0.3, 0.4) is 0 Å². The van der Waals surface area contributed by atoms with Gasteiger partial charge in [-0.1, -0.05) is 22.0 Å². The minimum absolute atomic E-state index is 0.747. The molecule has 0 radical (unpaired) electrons. The van der Waals surface area contributed by atoms with Crippen LogP contribution in [0, 0.1) is 0 Å². The van der Waals surface area contributed by atoms with E-state index in [1.807, 2.05) is 0 Å². The molecule has 0 saturated carbocycles. The molecule has 0 N–H and O–H groups in total. The second kappa shape index (κ2) is 5.59. The van der Waals surface area contributed by atoms with Gasteiger partial charge >= 0.3 is 0 Å². The molecule has 1 aromatic heterocycles. The molecule has 1 fully saturated rings. The van der Waals surface area contributed by atoms with Crippen LogP contribution in [0.2, 0.25) is 0 Å². The van der Waals surface area contributed by atoms with Crippen molar-refractivity contribution in [1.29, 1.82) is 0 Å². The van der Waals surface area contributed by atoms with Crippen molar-refractivity contribution in [3.63, 3.8) is 0 Å². The first-order chi connectivity index (χ1) is 9.22. The van der Waals surface area contributed by atoms with Gasteiger partial charge in [0, 0.05) is 34.6 Å². The molecule has 2 heterocycles. The highest BCUT2D eigenvalue weighted by atomic mass is 79.9. The van der Waals surface area contributed by atoms with Gasteiger partial charge in [0.15, 0.2) is 0 Å². The summed E-state index contributed by atoms with van der Waals surface area (Å²) >= 11 is 3.50. The van der Waals surface area contributed by atoms with Gasteiger partial charge in [0.25, 0.3) is 0 Å². The van der Waals surface area contributed by atoms with E-state index >= 15 is 0 Å². The molecule has 1 atom stereocenters. The number of rotatable bonds is 3. The fourth-order valence-electron chi connectivity index (χ4n) is 2.86. The molecule has 0 bridgehead atoms. The normalized spacial score (nSPS) is 20.2. The second-order valence-electron chi connectivity index (χ2n) is 5.42. The average molecular weight is 319 g/mol. The fourth-order valence-corrected chi connectivity index (χ4v) is 3.24. The molecule has 2 aromatic rings. The van der Waals surface area contributed by atoms with Crippen LogP contribution in [-0.2, 0) is 6.42 Å². The van der Waals surface area contributed by atoms with E-state index < -0.39 is 0 Å². The van der Waals surface area contributed by atoms with Crippen LogP contribution in [0.4, 0.5) is 0 Å². The summed E-state index contributed by atoms with van der Waals surface area (Å²) in [6.07, 6.45) is 3.75. The summed E-state index contributed by atoms with van der Waals surface area (Å²) in [5, 5.41) is 1.20. The Morgan fingerprint density at radius 3 is 3.00 bits per heavy atom. The quantitative estimate of drug-likeness (QED) is 0.849. The van der Waals surface area contributed by atoms with Crippen LogP contribution in [0.1, 0.15) is 25.5 Å². The van der Waals surface area contributed by atoms with Gasteiger partial charge in [0.1, 0.15) is 0 Å². The van der Waals surface area contributed by atoms with E-state index in [0.29, 0.717) is 0 Å². The number of pyridine rings is 1. The number of likely N-dealkylation sites (tertiary alicyclic amines) is 1. The maximum Gasteiger partial charge on any atom is 0.0706 e. The smallest absolute Gasteiger partial charge is 0.0706 e. The van der Waals surface area contributed by atoms with Crippen LogP contribution in [0.5, 0.6) is 0 Å². The van der Waals surface area contributed by atoms with Gasteiger partial charge in [-0.2, -0.15) is 0 Å². The highest BCUT2D eigenvalue weighted by Gasteiger charge is 2.19. The molecule has 0 unspecified atom stereocenters. The number of hydrogen-bond donors (Lipinski definition) is 0. The molecule has 0 amide bonds. The lowest BCUT2D eigenvalue weighted by molar-refractivity contribution is 0.271. The molecular weight excluding hydrogens is 300 g/mol. The zero-order chi connectivity index (χ0) is 13.2. The van der Waals surface area contributed by atoms with Crippen LogP contribution >= 0.6 is 15.9 Å². The first-order valence-electron chi connectivity index (χ1n) is 7.01. The van der Waals surface area contributed by atoms with Crippen molar-refractivity contribution in [2.24, 2.45) is 0 Å². The Morgan fingerprint density at radius 1 is 1.32 bits per heavy atom. The van der Waals surface area contributed by atoms with Crippen molar-refractivity contribution in [2.75, 3.05) is 13.1 Å². The van der Waals surface area contributed by atoms with Gasteiger partial charge in [-0.15, -0.1) is 0 Å². The summed E-state index contributed by atoms with van der Waals surface area (Å²) in [6, 6.07) is 11.3. The van der Waals surface area contributed by atoms with Crippen molar-refractivity contribution < 1.29 is 0 Å². The molecule has 3 heteroatoms. The van der Waals surface area contributed by atoms with E-state index in [0.717, 1.165) is 29.0 Å². The standard InChI is InChI=1S/C16H19BrN2/c1-12-3-2-9-19(12)10-8-15-6-4-13-11-14(17)5-7-16(13)18-15/h4-7,11-12H,2-3,8-10H2,1H3/t12-/m1/s1. The molecule has 1 aromatic carbocycles. The van der Waals surface area contributed by atoms with Gasteiger partial charge in [-0.3, -0.25) is 4.98 Å². The van der Waals surface area contributed by atoms with Crippen LogP contribution in [0.25, 0.3) is 10.9 Å². The predicted molar refractivity (Wildman–Crippen MR) is 83.4 cm³/mol. The summed E-state index contributed by atoms with van der Waals surface area (Å²) in [5.74, 6) is 0. The van der Waals surface area contributed by atoms with Crippen molar-refractivity contribution in [2.45, 2.75) is 32.2 Å². The SMILES string of the molecule is C[C@@H]1CCCN1CCc1ccc2cc(Br)ccc2n1. The molecule has 19 heavy (non-hydrogen) atoms. The minimum Gasteiger partial charge on any atom is -0.300 e. The van der Waals surface area contributed by atoms with E-state index in [1.165, 1.54) is 30.5 Å². The van der Waals surface area contributed by atoms with E-state index in [4.69, 9.17) is 4.98 Å². The molecule has 100 valence electrons. The van der Waals surface area contributed by atoms with Gasteiger partial charge in [0.2, 0.25) is 0 Å². The summed E-state index contributed by atoms with van der Waals surface area (Å²) < 4.78 is 1.11. The molecule has 0 aliphatic carbocycles. The molecule has 2 nitrogen and oxygen atoms in total. The highest BCUT2D eigenvalue weighted by molar-refractivity contribution is 9.10. The summed E-state index contributed by atoms with van der Waals surface area (Å²) in [4.78, 5) is 7.33. The van der Waals surface area contributed by atoms with E-state index in [9.17, 15) is 0 Å². The molecule has 3 rings (SSSR count). The van der Waals surface area contributed by atoms with Gasteiger partial charge in [0.05, 0.1) is 5.52 Å². The second-order valence-corrected chi connectivity index (χ2v) is 6.33. The van der Waals surface area contributed by atoms with Gasteiger partial charge < -0.3 is 4.90 Å². The number of hydrogen-bond acceptors (Lipinski definition) is 2. The van der Waals surface area contributed by atoms with Gasteiger partial charge in [-0.05, 0) is 50.6 Å². The maximum atomic E-state index is 4.75. The Balaban J connectivity index is 1.72. The Labute approximate surface area is 123 Å². The first-order valence-corrected chi connectivity index (χ1v) is 7.81. The number of nitrogens with zero attached hydrogens (tertiary/aromatic N) is 2. The Kier molecular flexibility index (Phi) is 3.85. The lowest BCUT2D eigenvalue weighted by Gasteiger charge is -2.20. The largest absolute Gasteiger partial charge is 0.300 e. The topological polar surface area (TPSA) is 16.1 Å². The summed E-state index contributed by atoms with van der Waals surface area (Å²) in [6.45, 7) is 4.72. The van der Waals surface area contributed by atoms with Crippen molar-refractivity contribution in [3.8, 4) is 0 Å². The lowest BCUT2D eigenvalue weighted by atomic mass is 10.1. The molecule has 0 spiro atoms. The third-order valence-electron chi connectivity index (χ3n) is 4.05. The zero-order valence-corrected chi connectivity index (χ0v) is 12.9. The van der Waals surface area contributed by atoms with Gasteiger partial charge in [-0.25, -0.2) is 0 Å². The number of benzene rings is 1. The number of fused-ring (bicyclic) bond motifs is 1. The number of halogens is 1. The van der Waals surface area contributed by atoms with Crippen LogP contribution < -0.4 is 0 Å². The van der Waals surface area contributed by atoms with Crippen molar-refractivity contribution in [1.82, 2.24) is 9.88 Å². The third-order valence-corrected chi connectivity index (χ3v) is 4.55. The summed E-state index contributed by atoms with van der Waals surface area (Å²) in [7, 11) is 0. The lowest BCUT2D eigenvalue weighted by Crippen LogP contribution is -2.29. The van der Waals surface area contributed by atoms with E-state index in [1.54, 1.807) is 0 Å². The highest BCUT2D eigenvalue weighted by Crippen LogP contribution is 2.20. The van der Waals surface area contributed by atoms with Crippen molar-refractivity contribution in [3.05, 3.63) is 40.5 Å². The van der Waals surface area contributed by atoms with Crippen molar-refractivity contribution >= 4 is 26.8 Å². The Hall–Kier alpha value is -0.930. The number of aromatic nitrogens is 1. The van der Waals surface area contributed by atoms with Crippen LogP contribution in [-0.4, -0.2) is 29.0 Å². The van der Waals surface area contributed by atoms with Crippen LogP contribution in [0.15, 0.2) is 34.8 Å². The third kappa shape index (κ3) is 2.98. The average Bonchev–Trinajstić information content (AvgIpc) is 2.82. The fraction of sp³-hybridized carbons (Fsp3) is 0.438. The predicted octanol–water partition coefficient (Wildman–Crippen LogP) is 4.02. The van der Waals surface area contributed by atoms with E-state index in [2.05, 4.69) is 58.1 Å². The Bertz CT molecular complexity index is 582. The Morgan fingerprint density at radius 2 is 2.21 bits per heavy atom. The molecule has 1 saturated heterocycles. The zero-order valence-electron chi connectivity index (χ0n) is 11.3. The van der Waals surface area contributed by atoms with E-state index in [-0.39, 0.29) is 0 Å². The molecule has 1 aliphatic heterocycles. The first kappa shape index (κ1) is 13.1. The monoisotopic (exact) mass is 318 g/mol. The molecular formula is C16H19BrN2. The molecule has 1 aliphatic rings. The maximum absolute atomic E-state index is 4.75.